The van der Waals surface area contributed by atoms with Crippen LogP contribution in [0, 0.1) is 13.2 Å². The minimum absolute atomic E-state index is 0.0187. The molecule has 0 amide bonds. The molecular weight excluding hydrogens is 853 g/mol. The van der Waals surface area contributed by atoms with Crippen molar-refractivity contribution in [2.24, 2.45) is 0 Å². The van der Waals surface area contributed by atoms with Gasteiger partial charge in [-0.1, -0.05) is 186 Å². The largest absolute Gasteiger partial charge is 0.458 e. The number of para-hydroxylation sites is 1. The summed E-state index contributed by atoms with van der Waals surface area (Å²) in [6.45, 7) is 24.5. The normalized spacial score (nSPS) is 14.5. The summed E-state index contributed by atoms with van der Waals surface area (Å²) in [5.74, 6) is 1.38. The number of ether oxygens (including phenoxy) is 1. The van der Waals surface area contributed by atoms with Gasteiger partial charge in [0.1, 0.15) is 17.3 Å². The second-order valence-corrected chi connectivity index (χ2v) is 22.7. The number of fused-ring (bicyclic) bond motifs is 4. The molecule has 0 fully saturated rings. The van der Waals surface area contributed by atoms with Crippen molar-refractivity contribution < 1.29 is 20.3 Å². The van der Waals surface area contributed by atoms with Crippen LogP contribution >= 0.6 is 0 Å². The molecule has 0 saturated heterocycles. The highest BCUT2D eigenvalue weighted by molar-refractivity contribution is 6.09. The molecule has 3 aromatic heterocycles. The third-order valence-corrected chi connectivity index (χ3v) is 13.4. The van der Waals surface area contributed by atoms with Crippen LogP contribution in [0.15, 0.2) is 164 Å². The zero-order chi connectivity index (χ0) is 56.3. The van der Waals surface area contributed by atoms with Crippen LogP contribution in [0.3, 0.4) is 0 Å². The van der Waals surface area contributed by atoms with E-state index in [1.165, 1.54) is 34.5 Å². The quantitative estimate of drug-likeness (QED) is 0.118. The lowest BCUT2D eigenvalue weighted by molar-refractivity contribution is -0.574. The van der Waals surface area contributed by atoms with E-state index in [-0.39, 0.29) is 44.2 Å². The van der Waals surface area contributed by atoms with E-state index in [9.17, 15) is 0 Å². The highest BCUT2D eigenvalue weighted by atomic mass is 16.5. The molecule has 352 valence electrons. The number of hydrogen-bond acceptors (Lipinski definition) is 2. The standard InChI is InChI=1S/C65H66N4O/c1-42-34-60(66-40-53(42)44-20-15-14-16-21-44)69-56-25-18-17-24-51(56)52-32-31-50(39-58(52)69)70-49-23-19-22-48(38-49)67-41-68(57-33-28-45(35-59(57)67)43-26-29-46(30-27-43)62(2,3)4)61-54(64(8,9)10)36-47(63(5,6)7)37-55(61)65(11,12)13/h14-40H,1-13H3/i1D3,14D,15D,16D,20D,21D. The molecule has 10 aromatic rings. The van der Waals surface area contributed by atoms with Crippen LogP contribution in [0.1, 0.15) is 122 Å². The molecule has 0 aliphatic heterocycles. The topological polar surface area (TPSA) is 35.9 Å². The van der Waals surface area contributed by atoms with E-state index in [2.05, 4.69) is 159 Å². The first-order chi connectivity index (χ1) is 36.4. The van der Waals surface area contributed by atoms with Gasteiger partial charge in [0.05, 0.1) is 40.3 Å². The zero-order valence-electron chi connectivity index (χ0n) is 50.4. The molecule has 70 heavy (non-hydrogen) atoms. The first-order valence-electron chi connectivity index (χ1n) is 28.1. The SMILES string of the molecule is [2H]c1c([2H])c([2H])c(-c2cnc(-n3c4ccccc4c4ccc(Oc5cccc(-n6[c-][n+](-c7c(C(C)(C)C)cc(C(C)(C)C)cc7C(C)(C)C)c7ccc(-c8ccc(C(C)(C)C)cc8)cc76)c5)cc43)cc2C([2H])([2H])[2H])c([2H])c1[2H]. The molecule has 0 bridgehead atoms. The first kappa shape index (κ1) is 37.6. The van der Waals surface area contributed by atoms with E-state index in [0.29, 0.717) is 17.0 Å². The lowest BCUT2D eigenvalue weighted by Crippen LogP contribution is -2.38. The third kappa shape index (κ3) is 8.61. The van der Waals surface area contributed by atoms with Crippen molar-refractivity contribution in [2.45, 2.75) is 112 Å². The maximum Gasteiger partial charge on any atom is 0.269 e. The zero-order valence-corrected chi connectivity index (χ0v) is 42.4. The second kappa shape index (κ2) is 17.0. The summed E-state index contributed by atoms with van der Waals surface area (Å²) in [5, 5.41) is 1.78. The third-order valence-electron chi connectivity index (χ3n) is 13.4. The van der Waals surface area contributed by atoms with Crippen molar-refractivity contribution in [1.82, 2.24) is 14.1 Å². The molecule has 0 aliphatic carbocycles. The van der Waals surface area contributed by atoms with E-state index in [4.69, 9.17) is 20.7 Å². The molecule has 0 atom stereocenters. The van der Waals surface area contributed by atoms with Gasteiger partial charge < -0.3 is 4.74 Å². The van der Waals surface area contributed by atoms with E-state index < -0.39 is 37.1 Å². The van der Waals surface area contributed by atoms with Crippen LogP contribution < -0.4 is 9.30 Å². The maximum atomic E-state index is 8.67. The lowest BCUT2D eigenvalue weighted by Gasteiger charge is -2.34. The molecule has 0 spiro atoms. The van der Waals surface area contributed by atoms with E-state index in [1.54, 1.807) is 0 Å². The number of rotatable bonds is 7. The first-order valence-corrected chi connectivity index (χ1v) is 24.1. The Morgan fingerprint density at radius 2 is 1.21 bits per heavy atom. The van der Waals surface area contributed by atoms with Crippen LogP contribution in [0.25, 0.3) is 72.3 Å². The molecule has 5 nitrogen and oxygen atoms in total. The summed E-state index contributed by atoms with van der Waals surface area (Å²) in [5.41, 5.74) is 11.6. The van der Waals surface area contributed by atoms with E-state index in [0.717, 1.165) is 49.8 Å². The molecule has 0 N–H and O–H groups in total. The van der Waals surface area contributed by atoms with Gasteiger partial charge in [0.25, 0.3) is 6.33 Å². The number of aryl methyl sites for hydroxylation is 1. The van der Waals surface area contributed by atoms with Gasteiger partial charge in [0.2, 0.25) is 0 Å². The Labute approximate surface area is 426 Å². The molecule has 0 aliphatic rings. The summed E-state index contributed by atoms with van der Waals surface area (Å²) in [6.07, 6.45) is 5.19. The van der Waals surface area contributed by atoms with Gasteiger partial charge in [-0.3, -0.25) is 13.7 Å². The summed E-state index contributed by atoms with van der Waals surface area (Å²) < 4.78 is 81.0. The molecular formula is C65H66N4O. The minimum Gasteiger partial charge on any atom is -0.458 e. The van der Waals surface area contributed by atoms with Crippen molar-refractivity contribution in [2.75, 3.05) is 0 Å². The molecule has 5 heteroatoms. The smallest absolute Gasteiger partial charge is 0.269 e. The second-order valence-electron chi connectivity index (χ2n) is 22.7. The Balaban J connectivity index is 1.13. The van der Waals surface area contributed by atoms with Crippen LogP contribution in [0.4, 0.5) is 0 Å². The van der Waals surface area contributed by atoms with Gasteiger partial charge in [-0.15, -0.1) is 0 Å². The lowest BCUT2D eigenvalue weighted by atomic mass is 9.74. The van der Waals surface area contributed by atoms with E-state index >= 15 is 0 Å². The Hall–Kier alpha value is -7.24. The Bertz CT molecular complexity index is 3960. The Morgan fingerprint density at radius 1 is 0.557 bits per heavy atom. The van der Waals surface area contributed by atoms with Gasteiger partial charge in [-0.05, 0) is 122 Å². The van der Waals surface area contributed by atoms with Crippen LogP contribution in [-0.4, -0.2) is 14.1 Å². The van der Waals surface area contributed by atoms with Crippen molar-refractivity contribution in [1.29, 1.82) is 0 Å². The number of hydrogen-bond donors (Lipinski definition) is 0. The van der Waals surface area contributed by atoms with Gasteiger partial charge in [0.15, 0.2) is 0 Å². The van der Waals surface area contributed by atoms with Crippen molar-refractivity contribution in [3.05, 3.63) is 198 Å². The highest BCUT2D eigenvalue weighted by Gasteiger charge is 2.31. The van der Waals surface area contributed by atoms with Crippen LogP contribution in [0.2, 0.25) is 0 Å². The Kier molecular flexibility index (Phi) is 9.15. The predicted molar refractivity (Wildman–Crippen MR) is 293 cm³/mol. The van der Waals surface area contributed by atoms with Gasteiger partial charge >= 0.3 is 0 Å². The molecule has 0 saturated carbocycles. The van der Waals surface area contributed by atoms with Crippen molar-refractivity contribution in [3.8, 4) is 50.9 Å². The Morgan fingerprint density at radius 3 is 1.89 bits per heavy atom. The van der Waals surface area contributed by atoms with Crippen LogP contribution in [0.5, 0.6) is 11.5 Å². The van der Waals surface area contributed by atoms with Crippen molar-refractivity contribution in [3.63, 3.8) is 0 Å². The number of aromatic nitrogens is 4. The molecule has 7 aromatic carbocycles. The number of pyridine rings is 1. The number of imidazole rings is 1. The van der Waals surface area contributed by atoms with Gasteiger partial charge in [0, 0.05) is 32.7 Å². The fourth-order valence-corrected chi connectivity index (χ4v) is 9.49. The fourth-order valence-electron chi connectivity index (χ4n) is 9.49. The average molecular weight is 927 g/mol. The average Bonchev–Trinajstić information content (AvgIpc) is 3.97. The number of nitrogens with zero attached hydrogens (tertiary/aromatic N) is 4. The molecule has 0 radical (unpaired) electrons. The summed E-state index contributed by atoms with van der Waals surface area (Å²) >= 11 is 0. The van der Waals surface area contributed by atoms with Crippen LogP contribution in [-0.2, 0) is 21.7 Å². The fraction of sp³-hybridized carbons (Fsp3) is 0.262. The summed E-state index contributed by atoms with van der Waals surface area (Å²) in [4.78, 5) is 4.76. The maximum absolute atomic E-state index is 8.67. The molecule has 10 rings (SSSR count). The summed E-state index contributed by atoms with van der Waals surface area (Å²) in [6, 6.07) is 40.6. The monoisotopic (exact) mass is 927 g/mol. The highest BCUT2D eigenvalue weighted by Crippen LogP contribution is 2.41. The minimum atomic E-state index is -2.74. The molecule has 0 unspecified atom stereocenters. The molecule has 3 heterocycles. The number of benzene rings is 7. The summed E-state index contributed by atoms with van der Waals surface area (Å²) in [7, 11) is 0. The van der Waals surface area contributed by atoms with Gasteiger partial charge in [-0.2, -0.15) is 0 Å². The van der Waals surface area contributed by atoms with Crippen molar-refractivity contribution >= 4 is 32.8 Å². The van der Waals surface area contributed by atoms with Gasteiger partial charge in [-0.25, -0.2) is 4.98 Å². The predicted octanol–water partition coefficient (Wildman–Crippen LogP) is 16.8. The van der Waals surface area contributed by atoms with E-state index in [1.807, 2.05) is 65.2 Å².